The third-order valence-corrected chi connectivity index (χ3v) is 3.78. The fourth-order valence-corrected chi connectivity index (χ4v) is 2.50. The second kappa shape index (κ2) is 6.19. The monoisotopic (exact) mass is 263 g/mol. The Morgan fingerprint density at radius 2 is 1.95 bits per heavy atom. The third-order valence-electron chi connectivity index (χ3n) is 3.78. The molecular formula is C14H25N5. The van der Waals surface area contributed by atoms with Crippen LogP contribution in [-0.2, 0) is 6.42 Å². The SMILES string of the molecule is CCCc1nc(NN)cc(NCC2(CCC)CC2)n1. The van der Waals surface area contributed by atoms with Gasteiger partial charge in [-0.2, -0.15) is 0 Å². The van der Waals surface area contributed by atoms with E-state index in [1.807, 2.05) is 6.07 Å². The number of hydrogen-bond acceptors (Lipinski definition) is 5. The van der Waals surface area contributed by atoms with Gasteiger partial charge >= 0.3 is 0 Å². The van der Waals surface area contributed by atoms with E-state index >= 15 is 0 Å². The number of aromatic nitrogens is 2. The van der Waals surface area contributed by atoms with Crippen molar-refractivity contribution < 1.29 is 0 Å². The molecule has 1 aliphatic carbocycles. The van der Waals surface area contributed by atoms with E-state index in [9.17, 15) is 0 Å². The first-order valence-corrected chi connectivity index (χ1v) is 7.30. The molecule has 0 saturated heterocycles. The van der Waals surface area contributed by atoms with Gasteiger partial charge in [0.05, 0.1) is 0 Å². The Morgan fingerprint density at radius 1 is 1.21 bits per heavy atom. The summed E-state index contributed by atoms with van der Waals surface area (Å²) in [5.41, 5.74) is 3.13. The van der Waals surface area contributed by atoms with Gasteiger partial charge in [0.1, 0.15) is 17.5 Å². The summed E-state index contributed by atoms with van der Waals surface area (Å²) in [6.45, 7) is 5.38. The maximum absolute atomic E-state index is 5.46. The fourth-order valence-electron chi connectivity index (χ4n) is 2.50. The number of nitrogens with zero attached hydrogens (tertiary/aromatic N) is 2. The maximum Gasteiger partial charge on any atom is 0.145 e. The minimum atomic E-state index is 0.515. The number of hydrogen-bond donors (Lipinski definition) is 3. The second-order valence-electron chi connectivity index (χ2n) is 5.55. The van der Waals surface area contributed by atoms with Crippen molar-refractivity contribution in [2.75, 3.05) is 17.3 Å². The minimum absolute atomic E-state index is 0.515. The van der Waals surface area contributed by atoms with Gasteiger partial charge < -0.3 is 10.7 Å². The van der Waals surface area contributed by atoms with Gasteiger partial charge in [-0.3, -0.25) is 0 Å². The molecule has 4 N–H and O–H groups in total. The van der Waals surface area contributed by atoms with E-state index in [1.165, 1.54) is 25.7 Å². The molecule has 5 nitrogen and oxygen atoms in total. The van der Waals surface area contributed by atoms with Crippen molar-refractivity contribution in [2.45, 2.75) is 52.4 Å². The second-order valence-corrected chi connectivity index (χ2v) is 5.55. The molecule has 1 heterocycles. The predicted molar refractivity (Wildman–Crippen MR) is 78.9 cm³/mol. The Balaban J connectivity index is 2.00. The lowest BCUT2D eigenvalue weighted by atomic mass is 10.0. The van der Waals surface area contributed by atoms with Gasteiger partial charge in [-0.25, -0.2) is 15.8 Å². The summed E-state index contributed by atoms with van der Waals surface area (Å²) in [5, 5.41) is 3.46. The van der Waals surface area contributed by atoms with Gasteiger partial charge in [0, 0.05) is 19.0 Å². The third kappa shape index (κ3) is 3.80. The summed E-state index contributed by atoms with van der Waals surface area (Å²) in [6, 6.07) is 1.88. The first kappa shape index (κ1) is 14.1. The highest BCUT2D eigenvalue weighted by Crippen LogP contribution is 2.49. The van der Waals surface area contributed by atoms with Crippen LogP contribution in [0.4, 0.5) is 11.6 Å². The molecule has 5 heteroatoms. The zero-order chi connectivity index (χ0) is 13.7. The zero-order valence-corrected chi connectivity index (χ0v) is 12.0. The molecule has 2 rings (SSSR count). The molecule has 0 bridgehead atoms. The standard InChI is InChI=1S/C14H25N5/c1-3-5-11-17-12(9-13(18-11)19-15)16-10-14(6-4-2)7-8-14/h9H,3-8,10,15H2,1-2H3,(H2,16,17,18,19). The molecule has 0 radical (unpaired) electrons. The molecule has 1 aliphatic rings. The molecule has 0 atom stereocenters. The largest absolute Gasteiger partial charge is 0.369 e. The van der Waals surface area contributed by atoms with Crippen LogP contribution >= 0.6 is 0 Å². The van der Waals surface area contributed by atoms with Crippen LogP contribution in [0.3, 0.4) is 0 Å². The van der Waals surface area contributed by atoms with Crippen LogP contribution in [-0.4, -0.2) is 16.5 Å². The van der Waals surface area contributed by atoms with Gasteiger partial charge in [-0.05, 0) is 31.1 Å². The molecule has 1 aromatic heterocycles. The molecule has 0 unspecified atom stereocenters. The van der Waals surface area contributed by atoms with Crippen LogP contribution < -0.4 is 16.6 Å². The van der Waals surface area contributed by atoms with Crippen molar-refractivity contribution in [3.05, 3.63) is 11.9 Å². The predicted octanol–water partition coefficient (Wildman–Crippen LogP) is 2.71. The van der Waals surface area contributed by atoms with Crippen molar-refractivity contribution >= 4 is 11.6 Å². The summed E-state index contributed by atoms with van der Waals surface area (Å²) in [7, 11) is 0. The first-order chi connectivity index (χ1) is 9.21. The van der Waals surface area contributed by atoms with Crippen molar-refractivity contribution in [1.29, 1.82) is 0 Å². The van der Waals surface area contributed by atoms with E-state index in [-0.39, 0.29) is 0 Å². The summed E-state index contributed by atoms with van der Waals surface area (Å²) >= 11 is 0. The van der Waals surface area contributed by atoms with Gasteiger partial charge in [0.25, 0.3) is 0 Å². The molecule has 0 aliphatic heterocycles. The number of rotatable bonds is 8. The van der Waals surface area contributed by atoms with E-state index in [1.54, 1.807) is 0 Å². The number of hydrazine groups is 1. The minimum Gasteiger partial charge on any atom is -0.369 e. The van der Waals surface area contributed by atoms with Crippen LogP contribution in [0.15, 0.2) is 6.07 Å². The van der Waals surface area contributed by atoms with Crippen molar-refractivity contribution in [3.8, 4) is 0 Å². The van der Waals surface area contributed by atoms with Crippen LogP contribution in [0.1, 0.15) is 51.8 Å². The molecule has 0 amide bonds. The lowest BCUT2D eigenvalue weighted by molar-refractivity contribution is 0.485. The number of anilines is 2. The van der Waals surface area contributed by atoms with E-state index < -0.39 is 0 Å². The Morgan fingerprint density at radius 3 is 2.53 bits per heavy atom. The van der Waals surface area contributed by atoms with Crippen molar-refractivity contribution in [1.82, 2.24) is 9.97 Å². The Bertz CT molecular complexity index is 414. The van der Waals surface area contributed by atoms with E-state index in [4.69, 9.17) is 5.84 Å². The Hall–Kier alpha value is -1.36. The van der Waals surface area contributed by atoms with E-state index in [0.29, 0.717) is 11.2 Å². The quantitative estimate of drug-likeness (QED) is 0.496. The topological polar surface area (TPSA) is 75.9 Å². The van der Waals surface area contributed by atoms with E-state index in [0.717, 1.165) is 31.0 Å². The molecular weight excluding hydrogens is 238 g/mol. The highest BCUT2D eigenvalue weighted by atomic mass is 15.3. The van der Waals surface area contributed by atoms with Crippen molar-refractivity contribution in [2.24, 2.45) is 11.3 Å². The maximum atomic E-state index is 5.46. The van der Waals surface area contributed by atoms with Crippen LogP contribution in [0.5, 0.6) is 0 Å². The Kier molecular flexibility index (Phi) is 4.58. The number of nitrogens with two attached hydrogens (primary N) is 1. The summed E-state index contributed by atoms with van der Waals surface area (Å²) in [5.74, 6) is 7.87. The molecule has 0 spiro atoms. The Labute approximate surface area is 115 Å². The van der Waals surface area contributed by atoms with Crippen LogP contribution in [0, 0.1) is 5.41 Å². The first-order valence-electron chi connectivity index (χ1n) is 7.30. The fraction of sp³-hybridized carbons (Fsp3) is 0.714. The normalized spacial score (nSPS) is 16.2. The molecule has 1 aromatic rings. The van der Waals surface area contributed by atoms with Crippen LogP contribution in [0.25, 0.3) is 0 Å². The summed E-state index contributed by atoms with van der Waals surface area (Å²) in [6.07, 6.45) is 7.14. The molecule has 19 heavy (non-hydrogen) atoms. The smallest absolute Gasteiger partial charge is 0.145 e. The number of nitrogen functional groups attached to an aromatic ring is 1. The summed E-state index contributed by atoms with van der Waals surface area (Å²) in [4.78, 5) is 8.90. The van der Waals surface area contributed by atoms with Gasteiger partial charge in [-0.15, -0.1) is 0 Å². The van der Waals surface area contributed by atoms with Gasteiger partial charge in [0.2, 0.25) is 0 Å². The zero-order valence-electron chi connectivity index (χ0n) is 12.0. The van der Waals surface area contributed by atoms with Crippen LogP contribution in [0.2, 0.25) is 0 Å². The van der Waals surface area contributed by atoms with Crippen molar-refractivity contribution in [3.63, 3.8) is 0 Å². The molecule has 1 saturated carbocycles. The lowest BCUT2D eigenvalue weighted by Crippen LogP contribution is -2.17. The average molecular weight is 263 g/mol. The molecule has 1 fully saturated rings. The van der Waals surface area contributed by atoms with E-state index in [2.05, 4.69) is 34.6 Å². The number of nitrogens with one attached hydrogen (secondary N) is 2. The average Bonchev–Trinajstić information content (AvgIpc) is 3.17. The van der Waals surface area contributed by atoms with Gasteiger partial charge in [-0.1, -0.05) is 20.3 Å². The molecule has 0 aromatic carbocycles. The number of aryl methyl sites for hydroxylation is 1. The highest BCUT2D eigenvalue weighted by molar-refractivity contribution is 5.47. The highest BCUT2D eigenvalue weighted by Gasteiger charge is 2.41. The lowest BCUT2D eigenvalue weighted by Gasteiger charge is -2.16. The van der Waals surface area contributed by atoms with Gasteiger partial charge in [0.15, 0.2) is 0 Å². The summed E-state index contributed by atoms with van der Waals surface area (Å²) < 4.78 is 0. The molecule has 106 valence electrons.